The zero-order valence-corrected chi connectivity index (χ0v) is 17.5. The Bertz CT molecular complexity index is 789. The minimum Gasteiger partial charge on any atom is -0.494 e. The van der Waals surface area contributed by atoms with Gasteiger partial charge in [-0.05, 0) is 43.2 Å². The predicted octanol–water partition coefficient (Wildman–Crippen LogP) is 5.65. The van der Waals surface area contributed by atoms with Gasteiger partial charge in [-0.25, -0.2) is 0 Å². The summed E-state index contributed by atoms with van der Waals surface area (Å²) in [6, 6.07) is 15.0. The van der Waals surface area contributed by atoms with Crippen molar-refractivity contribution in [3.63, 3.8) is 0 Å². The van der Waals surface area contributed by atoms with Gasteiger partial charge >= 0.3 is 0 Å². The summed E-state index contributed by atoms with van der Waals surface area (Å²) in [5, 5.41) is 6.01. The molecule has 2 aromatic rings. The first-order valence-electron chi connectivity index (χ1n) is 10.2. The number of rotatable bonds is 13. The summed E-state index contributed by atoms with van der Waals surface area (Å²) in [4.78, 5) is 12.3. The van der Waals surface area contributed by atoms with E-state index in [0.29, 0.717) is 13.2 Å². The van der Waals surface area contributed by atoms with Crippen molar-refractivity contribution in [1.82, 2.24) is 0 Å². The molecule has 0 bridgehead atoms. The Morgan fingerprint density at radius 2 is 1.66 bits per heavy atom. The van der Waals surface area contributed by atoms with Gasteiger partial charge in [0.2, 0.25) is 5.91 Å². The molecule has 1 amide bonds. The second-order valence-corrected chi connectivity index (χ2v) is 7.11. The summed E-state index contributed by atoms with van der Waals surface area (Å²) in [6.45, 7) is 9.26. The summed E-state index contributed by atoms with van der Waals surface area (Å²) in [5.74, 6) is 1.38. The lowest BCUT2D eigenvalue weighted by molar-refractivity contribution is -0.114. The maximum Gasteiger partial charge on any atom is 0.243 e. The van der Waals surface area contributed by atoms with E-state index in [2.05, 4.69) is 24.1 Å². The van der Waals surface area contributed by atoms with Crippen LogP contribution in [0.25, 0.3) is 0 Å². The average molecular weight is 397 g/mol. The third-order valence-electron chi connectivity index (χ3n) is 4.16. The monoisotopic (exact) mass is 396 g/mol. The maximum absolute atomic E-state index is 12.3. The molecule has 0 aromatic heterocycles. The number of hydrogen-bond acceptors (Lipinski definition) is 4. The number of amides is 1. The highest BCUT2D eigenvalue weighted by Crippen LogP contribution is 2.19. The number of hydrogen-bond donors (Lipinski definition) is 2. The third-order valence-corrected chi connectivity index (χ3v) is 4.16. The number of carbonyl (C=O) groups is 1. The molecule has 0 fully saturated rings. The third kappa shape index (κ3) is 9.19. The van der Waals surface area contributed by atoms with Crippen molar-refractivity contribution in [3.8, 4) is 11.5 Å². The Hall–Kier alpha value is -2.95. The topological polar surface area (TPSA) is 59.6 Å². The second-order valence-electron chi connectivity index (χ2n) is 7.11. The number of benzene rings is 2. The van der Waals surface area contributed by atoms with Gasteiger partial charge in [-0.3, -0.25) is 4.79 Å². The van der Waals surface area contributed by atoms with E-state index in [0.717, 1.165) is 34.9 Å². The fourth-order valence-corrected chi connectivity index (χ4v) is 2.67. The number of ether oxygens (including phenoxy) is 2. The van der Waals surface area contributed by atoms with Gasteiger partial charge in [-0.1, -0.05) is 44.9 Å². The summed E-state index contributed by atoms with van der Waals surface area (Å²) in [7, 11) is 0. The SMILES string of the molecule is C=C(C)COc1cccc(NCC(=O)Nc2cccc(OCCCCCC)c2)c1. The Labute approximate surface area is 174 Å². The summed E-state index contributed by atoms with van der Waals surface area (Å²) < 4.78 is 11.4. The van der Waals surface area contributed by atoms with Crippen molar-refractivity contribution in [2.24, 2.45) is 0 Å². The second kappa shape index (κ2) is 12.5. The molecule has 0 aliphatic heterocycles. The van der Waals surface area contributed by atoms with E-state index >= 15 is 0 Å². The van der Waals surface area contributed by atoms with Gasteiger partial charge in [-0.2, -0.15) is 0 Å². The van der Waals surface area contributed by atoms with Gasteiger partial charge in [0.25, 0.3) is 0 Å². The number of unbranched alkanes of at least 4 members (excludes halogenated alkanes) is 3. The zero-order valence-electron chi connectivity index (χ0n) is 17.5. The van der Waals surface area contributed by atoms with Crippen LogP contribution < -0.4 is 20.1 Å². The number of anilines is 2. The molecule has 5 nitrogen and oxygen atoms in total. The molecule has 29 heavy (non-hydrogen) atoms. The normalized spacial score (nSPS) is 10.3. The Morgan fingerprint density at radius 3 is 2.38 bits per heavy atom. The minimum absolute atomic E-state index is 0.127. The molecule has 0 aliphatic carbocycles. The van der Waals surface area contributed by atoms with Gasteiger partial charge in [0.15, 0.2) is 0 Å². The van der Waals surface area contributed by atoms with Gasteiger partial charge in [0.1, 0.15) is 18.1 Å². The number of carbonyl (C=O) groups excluding carboxylic acids is 1. The van der Waals surface area contributed by atoms with Crippen LogP contribution in [0, 0.1) is 0 Å². The minimum atomic E-state index is -0.127. The van der Waals surface area contributed by atoms with E-state index < -0.39 is 0 Å². The van der Waals surface area contributed by atoms with Crippen molar-refractivity contribution in [2.45, 2.75) is 39.5 Å². The Morgan fingerprint density at radius 1 is 0.966 bits per heavy atom. The molecule has 2 N–H and O–H groups in total. The van der Waals surface area contributed by atoms with E-state index in [1.54, 1.807) is 0 Å². The smallest absolute Gasteiger partial charge is 0.243 e. The van der Waals surface area contributed by atoms with Crippen LogP contribution in [0.1, 0.15) is 39.5 Å². The van der Waals surface area contributed by atoms with Crippen molar-refractivity contribution < 1.29 is 14.3 Å². The predicted molar refractivity (Wildman–Crippen MR) is 120 cm³/mol. The molecule has 0 radical (unpaired) electrons. The summed E-state index contributed by atoms with van der Waals surface area (Å²) in [6.07, 6.45) is 4.66. The van der Waals surface area contributed by atoms with Crippen molar-refractivity contribution in [1.29, 1.82) is 0 Å². The van der Waals surface area contributed by atoms with Crippen molar-refractivity contribution >= 4 is 17.3 Å². The standard InChI is InChI=1S/C24H32N2O3/c1-4-5-6-7-14-28-22-12-9-11-21(16-22)26-24(27)17-25-20-10-8-13-23(15-20)29-18-19(2)3/h8-13,15-16,25H,2,4-7,14,17-18H2,1,3H3,(H,26,27). The van der Waals surface area contributed by atoms with Gasteiger partial charge in [0, 0.05) is 23.5 Å². The van der Waals surface area contributed by atoms with Gasteiger partial charge in [0.05, 0.1) is 13.2 Å². The van der Waals surface area contributed by atoms with E-state index in [9.17, 15) is 4.79 Å². The van der Waals surface area contributed by atoms with E-state index in [4.69, 9.17) is 9.47 Å². The molecular formula is C24H32N2O3. The van der Waals surface area contributed by atoms with Crippen LogP contribution in [0.3, 0.4) is 0 Å². The lowest BCUT2D eigenvalue weighted by Gasteiger charge is -2.11. The first kappa shape index (κ1) is 22.3. The largest absolute Gasteiger partial charge is 0.494 e. The van der Waals surface area contributed by atoms with Crippen LogP contribution in [0.15, 0.2) is 60.7 Å². The van der Waals surface area contributed by atoms with Crippen LogP contribution >= 0.6 is 0 Å². The highest BCUT2D eigenvalue weighted by atomic mass is 16.5. The van der Waals surface area contributed by atoms with Crippen LogP contribution in [0.2, 0.25) is 0 Å². The van der Waals surface area contributed by atoms with Crippen molar-refractivity contribution in [2.75, 3.05) is 30.4 Å². The molecule has 5 heteroatoms. The molecule has 0 saturated heterocycles. The van der Waals surface area contributed by atoms with E-state index in [1.807, 2.05) is 55.5 Å². The average Bonchev–Trinajstić information content (AvgIpc) is 2.71. The fourth-order valence-electron chi connectivity index (χ4n) is 2.67. The van der Waals surface area contributed by atoms with Gasteiger partial charge in [-0.15, -0.1) is 0 Å². The molecule has 156 valence electrons. The molecule has 0 heterocycles. The van der Waals surface area contributed by atoms with Crippen molar-refractivity contribution in [3.05, 3.63) is 60.7 Å². The number of nitrogens with one attached hydrogen (secondary N) is 2. The first-order chi connectivity index (χ1) is 14.1. The quantitative estimate of drug-likeness (QED) is 0.339. The molecular weight excluding hydrogens is 364 g/mol. The van der Waals surface area contributed by atoms with Gasteiger partial charge < -0.3 is 20.1 Å². The molecule has 0 spiro atoms. The molecule has 0 aliphatic rings. The van der Waals surface area contributed by atoms with E-state index in [-0.39, 0.29) is 12.5 Å². The lowest BCUT2D eigenvalue weighted by atomic mass is 10.2. The lowest BCUT2D eigenvalue weighted by Crippen LogP contribution is -2.21. The summed E-state index contributed by atoms with van der Waals surface area (Å²) >= 11 is 0. The molecule has 2 rings (SSSR count). The maximum atomic E-state index is 12.3. The highest BCUT2D eigenvalue weighted by Gasteiger charge is 2.05. The molecule has 0 unspecified atom stereocenters. The Balaban J connectivity index is 1.78. The summed E-state index contributed by atoms with van der Waals surface area (Å²) in [5.41, 5.74) is 2.50. The first-order valence-corrected chi connectivity index (χ1v) is 10.2. The van der Waals surface area contributed by atoms with Crippen LogP contribution in [-0.2, 0) is 4.79 Å². The molecule has 2 aromatic carbocycles. The van der Waals surface area contributed by atoms with Crippen LogP contribution in [0.4, 0.5) is 11.4 Å². The Kier molecular flexibility index (Phi) is 9.63. The van der Waals surface area contributed by atoms with Crippen LogP contribution in [0.5, 0.6) is 11.5 Å². The molecule has 0 saturated carbocycles. The zero-order chi connectivity index (χ0) is 20.9. The van der Waals surface area contributed by atoms with Crippen LogP contribution in [-0.4, -0.2) is 25.7 Å². The fraction of sp³-hybridized carbons (Fsp3) is 0.375. The molecule has 0 atom stereocenters. The van der Waals surface area contributed by atoms with E-state index in [1.165, 1.54) is 19.3 Å². The highest BCUT2D eigenvalue weighted by molar-refractivity contribution is 5.93.